The number of hydrogen-bond acceptors (Lipinski definition) is 2. The molecule has 3 heteroatoms. The van der Waals surface area contributed by atoms with Crippen molar-refractivity contribution in [1.29, 1.82) is 0 Å². The fourth-order valence-electron chi connectivity index (χ4n) is 2.77. The van der Waals surface area contributed by atoms with E-state index in [1.54, 1.807) is 0 Å². The Bertz CT molecular complexity index is 367. The Morgan fingerprint density at radius 1 is 1.41 bits per heavy atom. The van der Waals surface area contributed by atoms with Crippen molar-refractivity contribution in [2.45, 2.75) is 38.3 Å². The maximum atomic E-state index is 6.00. The van der Waals surface area contributed by atoms with Crippen LogP contribution in [0.25, 0.3) is 0 Å². The Balaban J connectivity index is 2.23. The lowest BCUT2D eigenvalue weighted by Gasteiger charge is -2.39. The molecule has 0 saturated carbocycles. The minimum absolute atomic E-state index is 0.348. The van der Waals surface area contributed by atoms with E-state index in [1.807, 2.05) is 0 Å². The molecule has 1 aromatic carbocycles. The number of benzene rings is 1. The molecule has 17 heavy (non-hydrogen) atoms. The second-order valence-corrected chi connectivity index (χ2v) is 5.71. The molecule has 94 valence electrons. The van der Waals surface area contributed by atoms with Gasteiger partial charge in [0.1, 0.15) is 0 Å². The molecule has 2 unspecified atom stereocenters. The van der Waals surface area contributed by atoms with E-state index in [4.69, 9.17) is 5.73 Å². The zero-order valence-electron chi connectivity index (χ0n) is 10.4. The lowest BCUT2D eigenvalue weighted by molar-refractivity contribution is 0.108. The van der Waals surface area contributed by atoms with Gasteiger partial charge in [-0.25, -0.2) is 0 Å². The van der Waals surface area contributed by atoms with Gasteiger partial charge in [0, 0.05) is 23.1 Å². The highest BCUT2D eigenvalue weighted by Crippen LogP contribution is 2.31. The summed E-state index contributed by atoms with van der Waals surface area (Å²) in [6, 6.07) is 9.43. The molecule has 1 aliphatic rings. The molecule has 2 rings (SSSR count). The van der Waals surface area contributed by atoms with Crippen LogP contribution < -0.4 is 5.73 Å². The van der Waals surface area contributed by atoms with Crippen molar-refractivity contribution in [3.63, 3.8) is 0 Å². The summed E-state index contributed by atoms with van der Waals surface area (Å²) in [5, 5.41) is 0. The van der Waals surface area contributed by atoms with Crippen molar-refractivity contribution in [1.82, 2.24) is 4.90 Å². The van der Waals surface area contributed by atoms with E-state index in [0.717, 1.165) is 0 Å². The van der Waals surface area contributed by atoms with Gasteiger partial charge in [0.05, 0.1) is 0 Å². The van der Waals surface area contributed by atoms with Crippen LogP contribution in [0.15, 0.2) is 28.7 Å². The van der Waals surface area contributed by atoms with E-state index in [0.29, 0.717) is 18.6 Å². The second kappa shape index (κ2) is 5.98. The van der Waals surface area contributed by atoms with Crippen molar-refractivity contribution >= 4 is 15.9 Å². The summed E-state index contributed by atoms with van der Waals surface area (Å²) in [5.74, 6) is 0. The molecular weight excluding hydrogens is 276 g/mol. The zero-order valence-corrected chi connectivity index (χ0v) is 12.0. The fraction of sp³-hybridized carbons (Fsp3) is 0.571. The van der Waals surface area contributed by atoms with Gasteiger partial charge in [-0.1, -0.05) is 40.5 Å². The highest BCUT2D eigenvalue weighted by Gasteiger charge is 2.27. The zero-order chi connectivity index (χ0) is 12.3. The summed E-state index contributed by atoms with van der Waals surface area (Å²) in [7, 11) is 0. The lowest BCUT2D eigenvalue weighted by Crippen LogP contribution is -2.43. The molecular formula is C14H21BrN2. The van der Waals surface area contributed by atoms with Gasteiger partial charge in [-0.3, -0.25) is 4.90 Å². The number of piperidine rings is 1. The molecule has 1 fully saturated rings. The quantitative estimate of drug-likeness (QED) is 0.927. The van der Waals surface area contributed by atoms with Crippen LogP contribution in [0.1, 0.15) is 37.8 Å². The predicted molar refractivity (Wildman–Crippen MR) is 76.0 cm³/mol. The van der Waals surface area contributed by atoms with Crippen LogP contribution in [0.4, 0.5) is 0 Å². The van der Waals surface area contributed by atoms with Gasteiger partial charge in [-0.15, -0.1) is 0 Å². The summed E-state index contributed by atoms with van der Waals surface area (Å²) >= 11 is 3.64. The third kappa shape index (κ3) is 2.90. The maximum Gasteiger partial charge on any atom is 0.0484 e. The van der Waals surface area contributed by atoms with E-state index < -0.39 is 0 Å². The average molecular weight is 297 g/mol. The number of rotatable bonds is 3. The standard InChI is InChI=1S/C14H21BrN2/c1-11-6-4-5-9-17(11)14(10-16)12-7-2-3-8-13(12)15/h2-3,7-8,11,14H,4-6,9-10,16H2,1H3. The van der Waals surface area contributed by atoms with E-state index in [2.05, 4.69) is 52.0 Å². The van der Waals surface area contributed by atoms with Gasteiger partial charge < -0.3 is 5.73 Å². The number of nitrogens with zero attached hydrogens (tertiary/aromatic N) is 1. The first kappa shape index (κ1) is 13.1. The van der Waals surface area contributed by atoms with Crippen LogP contribution in [0, 0.1) is 0 Å². The van der Waals surface area contributed by atoms with Crippen LogP contribution in [0.5, 0.6) is 0 Å². The summed E-state index contributed by atoms with van der Waals surface area (Å²) in [4.78, 5) is 2.56. The Morgan fingerprint density at radius 3 is 2.82 bits per heavy atom. The predicted octanol–water partition coefficient (Wildman–Crippen LogP) is 3.32. The average Bonchev–Trinajstić information content (AvgIpc) is 2.34. The van der Waals surface area contributed by atoms with E-state index in [9.17, 15) is 0 Å². The Kier molecular flexibility index (Phi) is 4.60. The first-order valence-corrected chi connectivity index (χ1v) is 7.23. The Labute approximate surface area is 112 Å². The summed E-state index contributed by atoms with van der Waals surface area (Å²) < 4.78 is 1.17. The molecule has 2 N–H and O–H groups in total. The van der Waals surface area contributed by atoms with Gasteiger partial charge in [-0.05, 0) is 37.9 Å². The molecule has 0 aliphatic carbocycles. The molecule has 0 aromatic heterocycles. The molecule has 1 heterocycles. The molecule has 0 radical (unpaired) electrons. The van der Waals surface area contributed by atoms with Crippen molar-refractivity contribution in [2.75, 3.05) is 13.1 Å². The highest BCUT2D eigenvalue weighted by atomic mass is 79.9. The topological polar surface area (TPSA) is 29.3 Å². The van der Waals surface area contributed by atoms with Crippen molar-refractivity contribution in [3.05, 3.63) is 34.3 Å². The second-order valence-electron chi connectivity index (χ2n) is 4.86. The number of nitrogens with two attached hydrogens (primary N) is 1. The number of halogens is 1. The minimum atomic E-state index is 0.348. The van der Waals surface area contributed by atoms with Gasteiger partial charge in [0.25, 0.3) is 0 Å². The molecule has 1 aromatic rings. The van der Waals surface area contributed by atoms with Crippen LogP contribution in [-0.2, 0) is 0 Å². The summed E-state index contributed by atoms with van der Waals surface area (Å²) in [6.07, 6.45) is 3.94. The van der Waals surface area contributed by atoms with Gasteiger partial charge in [-0.2, -0.15) is 0 Å². The fourth-order valence-corrected chi connectivity index (χ4v) is 3.32. The van der Waals surface area contributed by atoms with Crippen LogP contribution in [0.3, 0.4) is 0 Å². The number of likely N-dealkylation sites (tertiary alicyclic amines) is 1. The minimum Gasteiger partial charge on any atom is -0.329 e. The van der Waals surface area contributed by atoms with Crippen molar-refractivity contribution < 1.29 is 0 Å². The van der Waals surface area contributed by atoms with Crippen molar-refractivity contribution in [2.24, 2.45) is 5.73 Å². The molecule has 2 nitrogen and oxygen atoms in total. The first-order valence-electron chi connectivity index (χ1n) is 6.44. The molecule has 2 atom stereocenters. The molecule has 1 saturated heterocycles. The van der Waals surface area contributed by atoms with Crippen LogP contribution in [0.2, 0.25) is 0 Å². The van der Waals surface area contributed by atoms with Crippen molar-refractivity contribution in [3.8, 4) is 0 Å². The molecule has 1 aliphatic heterocycles. The highest BCUT2D eigenvalue weighted by molar-refractivity contribution is 9.10. The van der Waals surface area contributed by atoms with Crippen LogP contribution >= 0.6 is 15.9 Å². The monoisotopic (exact) mass is 296 g/mol. The maximum absolute atomic E-state index is 6.00. The van der Waals surface area contributed by atoms with Gasteiger partial charge in [0.15, 0.2) is 0 Å². The molecule has 0 spiro atoms. The van der Waals surface area contributed by atoms with Gasteiger partial charge >= 0.3 is 0 Å². The largest absolute Gasteiger partial charge is 0.329 e. The van der Waals surface area contributed by atoms with E-state index >= 15 is 0 Å². The lowest BCUT2D eigenvalue weighted by atomic mass is 9.97. The normalized spacial score (nSPS) is 23.6. The Morgan fingerprint density at radius 2 is 2.18 bits per heavy atom. The smallest absolute Gasteiger partial charge is 0.0484 e. The molecule has 0 amide bonds. The third-order valence-electron chi connectivity index (χ3n) is 3.74. The van der Waals surface area contributed by atoms with Gasteiger partial charge in [0.2, 0.25) is 0 Å². The third-order valence-corrected chi connectivity index (χ3v) is 4.46. The SMILES string of the molecule is CC1CCCCN1C(CN)c1ccccc1Br. The summed E-state index contributed by atoms with van der Waals surface area (Å²) in [6.45, 7) is 4.18. The molecule has 0 bridgehead atoms. The van der Waals surface area contributed by atoms with Crippen LogP contribution in [-0.4, -0.2) is 24.0 Å². The number of hydrogen-bond donors (Lipinski definition) is 1. The van der Waals surface area contributed by atoms with E-state index in [1.165, 1.54) is 35.8 Å². The summed E-state index contributed by atoms with van der Waals surface area (Å²) in [5.41, 5.74) is 7.33. The first-order chi connectivity index (χ1) is 8.24. The van der Waals surface area contributed by atoms with E-state index in [-0.39, 0.29) is 0 Å². The Hall–Kier alpha value is -0.380.